The van der Waals surface area contributed by atoms with Gasteiger partial charge in [0, 0.05) is 11.0 Å². The Morgan fingerprint density at radius 2 is 2.05 bits per heavy atom. The van der Waals surface area contributed by atoms with E-state index < -0.39 is 12.0 Å². The molecule has 21 heavy (non-hydrogen) atoms. The third-order valence-corrected chi connectivity index (χ3v) is 3.69. The number of carbonyl (C=O) groups excluding carboxylic acids is 2. The lowest BCUT2D eigenvalue weighted by molar-refractivity contribution is -0.139. The minimum absolute atomic E-state index is 0.321. The fourth-order valence-electron chi connectivity index (χ4n) is 2.16. The normalized spacial score (nSPS) is 18.0. The van der Waals surface area contributed by atoms with E-state index in [9.17, 15) is 9.59 Å². The van der Waals surface area contributed by atoms with Gasteiger partial charge < -0.3 is 15.4 Å². The summed E-state index contributed by atoms with van der Waals surface area (Å²) in [4.78, 5) is 24.0. The molecule has 1 aliphatic rings. The molecule has 0 bridgehead atoms. The van der Waals surface area contributed by atoms with E-state index in [4.69, 9.17) is 4.74 Å². The van der Waals surface area contributed by atoms with Crippen LogP contribution < -0.4 is 10.6 Å². The molecule has 2 N–H and O–H groups in total. The van der Waals surface area contributed by atoms with Gasteiger partial charge >= 0.3 is 12.0 Å². The van der Waals surface area contributed by atoms with Gasteiger partial charge in [-0.25, -0.2) is 9.59 Å². The van der Waals surface area contributed by atoms with Crippen molar-refractivity contribution in [3.8, 4) is 0 Å². The molecule has 2 amide bonds. The van der Waals surface area contributed by atoms with Crippen LogP contribution >= 0.6 is 15.9 Å². The number of esters is 1. The van der Waals surface area contributed by atoms with Gasteiger partial charge in [-0.2, -0.15) is 0 Å². The predicted molar refractivity (Wildman–Crippen MR) is 82.9 cm³/mol. The number of halogens is 1. The molecule has 0 aromatic heterocycles. The van der Waals surface area contributed by atoms with Crippen molar-refractivity contribution in [1.82, 2.24) is 10.6 Å². The second kappa shape index (κ2) is 7.26. The zero-order chi connectivity index (χ0) is 15.2. The number of ether oxygens (including phenoxy) is 1. The van der Waals surface area contributed by atoms with Gasteiger partial charge in [-0.15, -0.1) is 0 Å². The van der Waals surface area contributed by atoms with Crippen LogP contribution in [0.3, 0.4) is 0 Å². The Bertz CT molecular complexity index is 557. The summed E-state index contributed by atoms with van der Waals surface area (Å²) in [6, 6.07) is 8.55. The quantitative estimate of drug-likeness (QED) is 0.486. The number of allylic oxidation sites excluding steroid dienone is 1. The standard InChI is InChI=1S/C15H17BrN2O3/c1-10-12(14(19)21-9-5-8-16)13(18-15(20)17-10)11-6-3-2-4-7-11/h2-4,6-7,13H,5,8-9H2,1H3,(H2,17,18,20). The number of hydrogen-bond donors (Lipinski definition) is 2. The fraction of sp³-hybridized carbons (Fsp3) is 0.333. The maximum atomic E-state index is 12.3. The number of nitrogens with one attached hydrogen (secondary N) is 2. The van der Waals surface area contributed by atoms with E-state index in [1.165, 1.54) is 0 Å². The highest BCUT2D eigenvalue weighted by Crippen LogP contribution is 2.27. The summed E-state index contributed by atoms with van der Waals surface area (Å²) >= 11 is 3.29. The molecule has 2 rings (SSSR count). The van der Waals surface area contributed by atoms with Crippen LogP contribution in [0.15, 0.2) is 41.6 Å². The van der Waals surface area contributed by atoms with Gasteiger partial charge in [0.05, 0.1) is 18.2 Å². The van der Waals surface area contributed by atoms with Crippen molar-refractivity contribution in [2.75, 3.05) is 11.9 Å². The molecule has 0 spiro atoms. The summed E-state index contributed by atoms with van der Waals surface area (Å²) in [5, 5.41) is 6.16. The van der Waals surface area contributed by atoms with Crippen LogP contribution in [0, 0.1) is 0 Å². The Morgan fingerprint density at radius 1 is 1.33 bits per heavy atom. The van der Waals surface area contributed by atoms with Crippen LogP contribution in [0.4, 0.5) is 4.79 Å². The smallest absolute Gasteiger partial charge is 0.338 e. The Kier molecular flexibility index (Phi) is 5.38. The molecule has 1 atom stereocenters. The van der Waals surface area contributed by atoms with Crippen molar-refractivity contribution in [3.63, 3.8) is 0 Å². The molecule has 0 fully saturated rings. The zero-order valence-electron chi connectivity index (χ0n) is 11.7. The monoisotopic (exact) mass is 352 g/mol. The van der Waals surface area contributed by atoms with Gasteiger partial charge in [0.25, 0.3) is 0 Å². The van der Waals surface area contributed by atoms with Gasteiger partial charge in [0.15, 0.2) is 0 Å². The second-order valence-corrected chi connectivity index (χ2v) is 5.45. The molecular formula is C15H17BrN2O3. The first kappa shape index (κ1) is 15.6. The first-order chi connectivity index (χ1) is 10.1. The fourth-order valence-corrected chi connectivity index (χ4v) is 2.39. The molecular weight excluding hydrogens is 336 g/mol. The van der Waals surface area contributed by atoms with E-state index in [2.05, 4.69) is 26.6 Å². The van der Waals surface area contributed by atoms with Gasteiger partial charge in [-0.3, -0.25) is 0 Å². The van der Waals surface area contributed by atoms with Crippen molar-refractivity contribution in [2.24, 2.45) is 0 Å². The van der Waals surface area contributed by atoms with Crippen molar-refractivity contribution in [2.45, 2.75) is 19.4 Å². The second-order valence-electron chi connectivity index (χ2n) is 4.66. The van der Waals surface area contributed by atoms with Crippen LogP contribution in [-0.2, 0) is 9.53 Å². The number of benzene rings is 1. The number of rotatable bonds is 5. The Morgan fingerprint density at radius 3 is 2.71 bits per heavy atom. The van der Waals surface area contributed by atoms with Crippen molar-refractivity contribution < 1.29 is 14.3 Å². The highest BCUT2D eigenvalue weighted by atomic mass is 79.9. The predicted octanol–water partition coefficient (Wildman–Crippen LogP) is 2.64. The number of carbonyl (C=O) groups is 2. The summed E-state index contributed by atoms with van der Waals surface area (Å²) in [7, 11) is 0. The molecule has 5 nitrogen and oxygen atoms in total. The third kappa shape index (κ3) is 3.85. The van der Waals surface area contributed by atoms with E-state index in [0.717, 1.165) is 17.3 Å². The molecule has 112 valence electrons. The molecule has 1 heterocycles. The van der Waals surface area contributed by atoms with E-state index >= 15 is 0 Å². The Labute approximate surface area is 131 Å². The lowest BCUT2D eigenvalue weighted by Gasteiger charge is -2.28. The Hall–Kier alpha value is -1.82. The van der Waals surface area contributed by atoms with Gasteiger partial charge in [0.2, 0.25) is 0 Å². The lowest BCUT2D eigenvalue weighted by Crippen LogP contribution is -2.45. The molecule has 0 saturated carbocycles. The van der Waals surface area contributed by atoms with Crippen LogP contribution in [0.5, 0.6) is 0 Å². The first-order valence-electron chi connectivity index (χ1n) is 6.70. The van der Waals surface area contributed by atoms with Crippen LogP contribution in [0.1, 0.15) is 24.9 Å². The minimum atomic E-state index is -0.489. The average Bonchev–Trinajstić information content (AvgIpc) is 2.47. The lowest BCUT2D eigenvalue weighted by atomic mass is 9.96. The summed E-state index contributed by atoms with van der Waals surface area (Å²) < 4.78 is 5.26. The molecule has 1 aliphatic heterocycles. The zero-order valence-corrected chi connectivity index (χ0v) is 13.3. The molecule has 0 aliphatic carbocycles. The summed E-state index contributed by atoms with van der Waals surface area (Å²) in [5.74, 6) is -0.408. The number of amides is 2. The maximum Gasteiger partial charge on any atom is 0.338 e. The van der Waals surface area contributed by atoms with Crippen LogP contribution in [-0.4, -0.2) is 23.9 Å². The number of hydrogen-bond acceptors (Lipinski definition) is 3. The van der Waals surface area contributed by atoms with Gasteiger partial charge in [-0.1, -0.05) is 46.3 Å². The molecule has 1 aromatic rings. The van der Waals surface area contributed by atoms with Crippen molar-refractivity contribution >= 4 is 27.9 Å². The van der Waals surface area contributed by atoms with E-state index in [0.29, 0.717) is 17.9 Å². The maximum absolute atomic E-state index is 12.3. The van der Waals surface area contributed by atoms with E-state index in [1.807, 2.05) is 30.3 Å². The highest BCUT2D eigenvalue weighted by Gasteiger charge is 2.31. The molecule has 1 aromatic carbocycles. The molecule has 1 unspecified atom stereocenters. The van der Waals surface area contributed by atoms with Gasteiger partial charge in [0.1, 0.15) is 0 Å². The summed E-state index contributed by atoms with van der Waals surface area (Å²) in [5.41, 5.74) is 1.81. The van der Waals surface area contributed by atoms with E-state index in [-0.39, 0.29) is 6.03 Å². The van der Waals surface area contributed by atoms with E-state index in [1.54, 1.807) is 6.92 Å². The average molecular weight is 353 g/mol. The minimum Gasteiger partial charge on any atom is -0.462 e. The highest BCUT2D eigenvalue weighted by molar-refractivity contribution is 9.09. The van der Waals surface area contributed by atoms with Gasteiger partial charge in [-0.05, 0) is 18.9 Å². The Balaban J connectivity index is 2.26. The van der Waals surface area contributed by atoms with Crippen LogP contribution in [0.25, 0.3) is 0 Å². The number of urea groups is 1. The first-order valence-corrected chi connectivity index (χ1v) is 7.82. The summed E-state index contributed by atoms with van der Waals surface area (Å²) in [6.45, 7) is 2.05. The topological polar surface area (TPSA) is 67.4 Å². The SMILES string of the molecule is CC1=C(C(=O)OCCCBr)C(c2ccccc2)NC(=O)N1. The van der Waals surface area contributed by atoms with Crippen LogP contribution in [0.2, 0.25) is 0 Å². The largest absolute Gasteiger partial charge is 0.462 e. The molecule has 6 heteroatoms. The van der Waals surface area contributed by atoms with Crippen molar-refractivity contribution in [3.05, 3.63) is 47.2 Å². The molecule has 0 saturated heterocycles. The van der Waals surface area contributed by atoms with Crippen molar-refractivity contribution in [1.29, 1.82) is 0 Å². The number of alkyl halides is 1. The molecule has 0 radical (unpaired) electrons. The third-order valence-electron chi connectivity index (χ3n) is 3.13. The summed E-state index contributed by atoms with van der Waals surface area (Å²) in [6.07, 6.45) is 0.744.